The van der Waals surface area contributed by atoms with Crippen molar-refractivity contribution in [1.29, 1.82) is 0 Å². The molecule has 1 aliphatic carbocycles. The van der Waals surface area contributed by atoms with Crippen LogP contribution in [0.5, 0.6) is 0 Å². The topological polar surface area (TPSA) is 57.6 Å². The number of amides is 1. The van der Waals surface area contributed by atoms with E-state index in [0.29, 0.717) is 0 Å². The maximum Gasteiger partial charge on any atom is 0.307 e. The number of carbonyl (C=O) groups excluding carboxylic acids is 1. The van der Waals surface area contributed by atoms with E-state index >= 15 is 0 Å². The summed E-state index contributed by atoms with van der Waals surface area (Å²) in [4.78, 5) is 25.3. The molecule has 2 fully saturated rings. The van der Waals surface area contributed by atoms with Crippen molar-refractivity contribution in [2.45, 2.75) is 26.8 Å². The second-order valence-corrected chi connectivity index (χ2v) is 6.72. The van der Waals surface area contributed by atoms with Crippen molar-refractivity contribution in [3.05, 3.63) is 0 Å². The van der Waals surface area contributed by atoms with Gasteiger partial charge in [0.2, 0.25) is 5.91 Å². The first kappa shape index (κ1) is 12.7. The molecule has 4 nitrogen and oxygen atoms in total. The minimum Gasteiger partial charge on any atom is -0.481 e. The fraction of sp³-hybridized carbons (Fsp3) is 0.833. The van der Waals surface area contributed by atoms with Crippen LogP contribution in [-0.2, 0) is 9.59 Å². The van der Waals surface area contributed by atoms with Gasteiger partial charge in [-0.05, 0) is 12.3 Å². The second kappa shape index (κ2) is 4.19. The van der Waals surface area contributed by atoms with Gasteiger partial charge >= 0.3 is 5.97 Å². The molecule has 1 heterocycles. The number of hydrogen-bond donors (Lipinski definition) is 1. The molecule has 2 rings (SSSR count). The van der Waals surface area contributed by atoms with E-state index in [0.717, 1.165) is 18.1 Å². The monoisotopic (exact) mass is 257 g/mol. The molecule has 0 aromatic heterocycles. The van der Waals surface area contributed by atoms with Crippen LogP contribution in [0.15, 0.2) is 0 Å². The zero-order valence-corrected chi connectivity index (χ0v) is 11.3. The Hall–Kier alpha value is -0.710. The summed E-state index contributed by atoms with van der Waals surface area (Å²) in [6.45, 7) is 6.54. The second-order valence-electron chi connectivity index (χ2n) is 5.57. The van der Waals surface area contributed by atoms with E-state index in [1.54, 1.807) is 0 Å². The maximum atomic E-state index is 12.4. The first-order valence-electron chi connectivity index (χ1n) is 5.98. The molecule has 0 aromatic rings. The molecule has 2 aliphatic rings. The van der Waals surface area contributed by atoms with Crippen LogP contribution in [-0.4, -0.2) is 46.0 Å². The molecule has 1 amide bonds. The minimum atomic E-state index is -0.840. The number of thioether (sulfide) groups is 1. The van der Waals surface area contributed by atoms with E-state index in [4.69, 9.17) is 5.11 Å². The molecule has 5 heteroatoms. The van der Waals surface area contributed by atoms with Gasteiger partial charge in [-0.25, -0.2) is 0 Å². The number of carbonyl (C=O) groups is 2. The van der Waals surface area contributed by atoms with Crippen LogP contribution in [0.1, 0.15) is 20.8 Å². The van der Waals surface area contributed by atoms with Crippen molar-refractivity contribution in [2.24, 2.45) is 17.3 Å². The zero-order valence-electron chi connectivity index (χ0n) is 10.5. The lowest BCUT2D eigenvalue weighted by Gasteiger charge is -2.33. The molecular formula is C12H19NO3S. The molecule has 0 bridgehead atoms. The number of carboxylic acid groups (broad SMARTS) is 1. The third-order valence-corrected chi connectivity index (χ3v) is 5.20. The van der Waals surface area contributed by atoms with E-state index in [1.165, 1.54) is 0 Å². The smallest absolute Gasteiger partial charge is 0.307 e. The Balaban J connectivity index is 2.08. The first-order chi connectivity index (χ1) is 7.87. The number of nitrogens with zero attached hydrogens (tertiary/aromatic N) is 1. The molecule has 0 spiro atoms. The van der Waals surface area contributed by atoms with Gasteiger partial charge in [0.05, 0.1) is 11.8 Å². The van der Waals surface area contributed by atoms with Crippen molar-refractivity contribution < 1.29 is 14.7 Å². The number of hydrogen-bond acceptors (Lipinski definition) is 3. The fourth-order valence-corrected chi connectivity index (χ4v) is 3.81. The first-order valence-corrected chi connectivity index (χ1v) is 7.14. The third kappa shape index (κ3) is 2.05. The molecule has 3 unspecified atom stereocenters. The molecule has 0 radical (unpaired) electrons. The van der Waals surface area contributed by atoms with Gasteiger partial charge in [-0.1, -0.05) is 13.8 Å². The van der Waals surface area contributed by atoms with Gasteiger partial charge in [-0.15, -0.1) is 0 Å². The van der Waals surface area contributed by atoms with Gasteiger partial charge in [0.1, 0.15) is 0 Å². The number of carboxylic acids is 1. The van der Waals surface area contributed by atoms with E-state index in [9.17, 15) is 9.59 Å². The number of aliphatic carboxylic acids is 1. The average molecular weight is 257 g/mol. The molecule has 1 N–H and O–H groups in total. The Morgan fingerprint density at radius 3 is 2.47 bits per heavy atom. The quantitative estimate of drug-likeness (QED) is 0.810. The van der Waals surface area contributed by atoms with Crippen molar-refractivity contribution in [1.82, 2.24) is 4.90 Å². The molecule has 96 valence electrons. The van der Waals surface area contributed by atoms with Gasteiger partial charge < -0.3 is 10.0 Å². The summed E-state index contributed by atoms with van der Waals surface area (Å²) in [5.41, 5.74) is -0.382. The van der Waals surface area contributed by atoms with Gasteiger partial charge in [0.15, 0.2) is 0 Å². The number of rotatable bonds is 2. The lowest BCUT2D eigenvalue weighted by atomic mass is 10.1. The Bertz CT molecular complexity index is 356. The molecule has 1 aliphatic heterocycles. The third-order valence-electron chi connectivity index (χ3n) is 4.01. The van der Waals surface area contributed by atoms with Crippen molar-refractivity contribution >= 4 is 23.6 Å². The normalized spacial score (nSPS) is 35.5. The average Bonchev–Trinajstić information content (AvgIpc) is 2.81. The lowest BCUT2D eigenvalue weighted by molar-refractivity contribution is -0.142. The summed E-state index contributed by atoms with van der Waals surface area (Å²) in [6, 6.07) is 0.229. The van der Waals surface area contributed by atoms with Crippen LogP contribution in [0, 0.1) is 17.3 Å². The molecule has 1 saturated heterocycles. The Labute approximate surface area is 106 Å². The molecule has 17 heavy (non-hydrogen) atoms. The molecule has 0 aromatic carbocycles. The highest BCUT2D eigenvalue weighted by Gasteiger charge is 2.66. The van der Waals surface area contributed by atoms with Crippen LogP contribution in [0.4, 0.5) is 0 Å². The van der Waals surface area contributed by atoms with Crippen molar-refractivity contribution in [2.75, 3.05) is 18.1 Å². The summed E-state index contributed by atoms with van der Waals surface area (Å²) in [6.07, 6.45) is 0. The SMILES string of the molecule is CC1CSCCN1C(=O)C1C(C(=O)O)C1(C)C. The molecule has 1 saturated carbocycles. The summed E-state index contributed by atoms with van der Waals surface area (Å²) >= 11 is 1.85. The maximum absolute atomic E-state index is 12.4. The molecular weight excluding hydrogens is 238 g/mol. The van der Waals surface area contributed by atoms with Crippen molar-refractivity contribution in [3.8, 4) is 0 Å². The predicted octanol–water partition coefficient (Wildman–Crippen LogP) is 1.31. The van der Waals surface area contributed by atoms with E-state index in [1.807, 2.05) is 37.4 Å². The van der Waals surface area contributed by atoms with E-state index < -0.39 is 11.9 Å². The summed E-state index contributed by atoms with van der Waals surface area (Å²) < 4.78 is 0. The van der Waals surface area contributed by atoms with Gasteiger partial charge in [0.25, 0.3) is 0 Å². The van der Waals surface area contributed by atoms with Crippen molar-refractivity contribution in [3.63, 3.8) is 0 Å². The summed E-state index contributed by atoms with van der Waals surface area (Å²) in [5.74, 6) is 0.280. The van der Waals surface area contributed by atoms with Gasteiger partial charge in [0, 0.05) is 24.1 Å². The highest BCUT2D eigenvalue weighted by Crippen LogP contribution is 2.59. The Morgan fingerprint density at radius 1 is 1.35 bits per heavy atom. The van der Waals surface area contributed by atoms with Crippen LogP contribution in [0.3, 0.4) is 0 Å². The Kier molecular flexibility index (Phi) is 3.14. The lowest BCUT2D eigenvalue weighted by Crippen LogP contribution is -2.45. The van der Waals surface area contributed by atoms with Crippen LogP contribution in [0.2, 0.25) is 0 Å². The van der Waals surface area contributed by atoms with Gasteiger partial charge in [-0.2, -0.15) is 11.8 Å². The van der Waals surface area contributed by atoms with Gasteiger partial charge in [-0.3, -0.25) is 9.59 Å². The predicted molar refractivity (Wildman–Crippen MR) is 66.9 cm³/mol. The van der Waals surface area contributed by atoms with E-state index in [2.05, 4.69) is 0 Å². The van der Waals surface area contributed by atoms with Crippen LogP contribution < -0.4 is 0 Å². The largest absolute Gasteiger partial charge is 0.481 e. The highest BCUT2D eigenvalue weighted by molar-refractivity contribution is 7.99. The van der Waals surface area contributed by atoms with Crippen LogP contribution in [0.25, 0.3) is 0 Å². The fourth-order valence-electron chi connectivity index (χ4n) is 2.79. The van der Waals surface area contributed by atoms with E-state index in [-0.39, 0.29) is 23.3 Å². The Morgan fingerprint density at radius 2 is 2.00 bits per heavy atom. The minimum absolute atomic E-state index is 0.0372. The molecule has 3 atom stereocenters. The highest BCUT2D eigenvalue weighted by atomic mass is 32.2. The summed E-state index contributed by atoms with van der Waals surface area (Å²) in [7, 11) is 0. The standard InChI is InChI=1S/C12H19NO3S/c1-7-6-17-5-4-13(7)10(14)8-9(11(15)16)12(8,2)3/h7-9H,4-6H2,1-3H3,(H,15,16). The summed E-state index contributed by atoms with van der Waals surface area (Å²) in [5, 5.41) is 9.10. The zero-order chi connectivity index (χ0) is 12.8. The van der Waals surface area contributed by atoms with Crippen LogP contribution >= 0.6 is 11.8 Å².